The van der Waals surface area contributed by atoms with Crippen LogP contribution in [0.5, 0.6) is 0 Å². The van der Waals surface area contributed by atoms with Crippen molar-refractivity contribution in [1.82, 2.24) is 0 Å². The lowest BCUT2D eigenvalue weighted by Crippen LogP contribution is -1.98. The Bertz CT molecular complexity index is 361. The van der Waals surface area contributed by atoms with E-state index in [1.165, 1.54) is 0 Å². The standard InChI is InChI=1S/C14H20O2/c1-4-5-6-7-8-9-14(15)13-10-11(2)16-12(13)3/h4,10H,1,5-9H2,2-3H3. The third-order valence-electron chi connectivity index (χ3n) is 2.65. The van der Waals surface area contributed by atoms with Gasteiger partial charge in [0, 0.05) is 6.42 Å². The van der Waals surface area contributed by atoms with Gasteiger partial charge in [0.2, 0.25) is 0 Å². The molecule has 0 amide bonds. The number of allylic oxidation sites excluding steroid dienone is 1. The van der Waals surface area contributed by atoms with E-state index < -0.39 is 0 Å². The molecule has 0 aromatic carbocycles. The fourth-order valence-electron chi connectivity index (χ4n) is 1.79. The molecule has 2 nitrogen and oxygen atoms in total. The Balaban J connectivity index is 2.35. The molecule has 1 aromatic rings. The fourth-order valence-corrected chi connectivity index (χ4v) is 1.79. The summed E-state index contributed by atoms with van der Waals surface area (Å²) < 4.78 is 5.35. The first-order valence-corrected chi connectivity index (χ1v) is 5.86. The monoisotopic (exact) mass is 220 g/mol. The van der Waals surface area contributed by atoms with Crippen LogP contribution in [-0.2, 0) is 0 Å². The number of ketones is 1. The Hall–Kier alpha value is -1.31. The highest BCUT2D eigenvalue weighted by Gasteiger charge is 2.12. The van der Waals surface area contributed by atoms with E-state index in [2.05, 4.69) is 6.58 Å². The summed E-state index contributed by atoms with van der Waals surface area (Å²) in [5.74, 6) is 1.76. The van der Waals surface area contributed by atoms with Crippen molar-refractivity contribution < 1.29 is 9.21 Å². The van der Waals surface area contributed by atoms with Crippen molar-refractivity contribution in [1.29, 1.82) is 0 Å². The Labute approximate surface area is 97.3 Å². The van der Waals surface area contributed by atoms with Gasteiger partial charge in [0.05, 0.1) is 5.56 Å². The Kier molecular flexibility index (Phi) is 5.03. The quantitative estimate of drug-likeness (QED) is 0.391. The molecule has 0 N–H and O–H groups in total. The van der Waals surface area contributed by atoms with E-state index >= 15 is 0 Å². The molecular formula is C14H20O2. The molecule has 88 valence electrons. The zero-order chi connectivity index (χ0) is 12.0. The number of hydrogen-bond acceptors (Lipinski definition) is 2. The number of rotatable bonds is 7. The molecule has 2 heteroatoms. The molecule has 0 aliphatic carbocycles. The molecule has 0 unspecified atom stereocenters. The molecule has 16 heavy (non-hydrogen) atoms. The van der Waals surface area contributed by atoms with Gasteiger partial charge < -0.3 is 4.42 Å². The van der Waals surface area contributed by atoms with E-state index in [4.69, 9.17) is 4.42 Å². The van der Waals surface area contributed by atoms with Crippen molar-refractivity contribution in [2.24, 2.45) is 0 Å². The van der Waals surface area contributed by atoms with Crippen molar-refractivity contribution in [2.75, 3.05) is 0 Å². The van der Waals surface area contributed by atoms with E-state index in [9.17, 15) is 4.79 Å². The Morgan fingerprint density at radius 3 is 2.69 bits per heavy atom. The largest absolute Gasteiger partial charge is 0.466 e. The molecule has 0 radical (unpaired) electrons. The summed E-state index contributed by atoms with van der Waals surface area (Å²) in [7, 11) is 0. The second-order valence-electron chi connectivity index (χ2n) is 4.14. The molecule has 0 aliphatic heterocycles. The van der Waals surface area contributed by atoms with Gasteiger partial charge >= 0.3 is 0 Å². The number of carbonyl (C=O) groups excluding carboxylic acids is 1. The maximum atomic E-state index is 11.8. The van der Waals surface area contributed by atoms with Crippen LogP contribution >= 0.6 is 0 Å². The third-order valence-corrected chi connectivity index (χ3v) is 2.65. The average molecular weight is 220 g/mol. The van der Waals surface area contributed by atoms with Crippen molar-refractivity contribution in [2.45, 2.75) is 46.0 Å². The molecule has 0 aliphatic rings. The van der Waals surface area contributed by atoms with Crippen LogP contribution in [0.3, 0.4) is 0 Å². The number of carbonyl (C=O) groups is 1. The number of unbranched alkanes of at least 4 members (excludes halogenated alkanes) is 3. The topological polar surface area (TPSA) is 30.2 Å². The van der Waals surface area contributed by atoms with Gasteiger partial charge in [-0.25, -0.2) is 0 Å². The normalized spacial score (nSPS) is 10.4. The van der Waals surface area contributed by atoms with Crippen molar-refractivity contribution in [3.63, 3.8) is 0 Å². The maximum absolute atomic E-state index is 11.8. The van der Waals surface area contributed by atoms with Crippen LogP contribution in [0.15, 0.2) is 23.1 Å². The molecule has 0 fully saturated rings. The minimum Gasteiger partial charge on any atom is -0.466 e. The van der Waals surface area contributed by atoms with Crippen molar-refractivity contribution in [3.05, 3.63) is 35.8 Å². The van der Waals surface area contributed by atoms with Gasteiger partial charge in [0.15, 0.2) is 5.78 Å². The van der Waals surface area contributed by atoms with Gasteiger partial charge in [0.1, 0.15) is 11.5 Å². The summed E-state index contributed by atoms with van der Waals surface area (Å²) in [6.07, 6.45) is 6.75. The first-order chi connectivity index (χ1) is 7.65. The Morgan fingerprint density at radius 1 is 1.38 bits per heavy atom. The van der Waals surface area contributed by atoms with Crippen LogP contribution in [0.25, 0.3) is 0 Å². The summed E-state index contributed by atoms with van der Waals surface area (Å²) in [5, 5.41) is 0. The van der Waals surface area contributed by atoms with Crippen molar-refractivity contribution in [3.8, 4) is 0 Å². The first kappa shape index (κ1) is 12.8. The SMILES string of the molecule is C=CCCCCCC(=O)c1cc(C)oc1C. The van der Waals surface area contributed by atoms with E-state index in [1.54, 1.807) is 0 Å². The molecular weight excluding hydrogens is 200 g/mol. The number of furan rings is 1. The van der Waals surface area contributed by atoms with Crippen LogP contribution in [0, 0.1) is 13.8 Å². The lowest BCUT2D eigenvalue weighted by Gasteiger charge is -1.99. The van der Waals surface area contributed by atoms with Gasteiger partial charge in [-0.1, -0.05) is 12.5 Å². The van der Waals surface area contributed by atoms with E-state index in [-0.39, 0.29) is 5.78 Å². The molecule has 0 bridgehead atoms. The van der Waals surface area contributed by atoms with Gasteiger partial charge in [-0.2, -0.15) is 0 Å². The van der Waals surface area contributed by atoms with Crippen LogP contribution in [0.1, 0.15) is 54.0 Å². The fraction of sp³-hybridized carbons (Fsp3) is 0.500. The maximum Gasteiger partial charge on any atom is 0.166 e. The zero-order valence-corrected chi connectivity index (χ0v) is 10.2. The highest BCUT2D eigenvalue weighted by Crippen LogP contribution is 2.17. The van der Waals surface area contributed by atoms with Gasteiger partial charge in [0.25, 0.3) is 0 Å². The summed E-state index contributed by atoms with van der Waals surface area (Å²) in [5.41, 5.74) is 0.751. The number of hydrogen-bond donors (Lipinski definition) is 0. The van der Waals surface area contributed by atoms with Crippen LogP contribution in [-0.4, -0.2) is 5.78 Å². The molecule has 0 saturated carbocycles. The van der Waals surface area contributed by atoms with Crippen molar-refractivity contribution >= 4 is 5.78 Å². The number of Topliss-reactive ketones (excluding diaryl/α,β-unsaturated/α-hetero) is 1. The summed E-state index contributed by atoms with van der Waals surface area (Å²) in [6, 6.07) is 1.83. The predicted octanol–water partition coefficient (Wildman–Crippen LogP) is 4.22. The summed E-state index contributed by atoms with van der Waals surface area (Å²) in [4.78, 5) is 11.8. The lowest BCUT2D eigenvalue weighted by molar-refractivity contribution is 0.0977. The third kappa shape index (κ3) is 3.69. The number of aryl methyl sites for hydroxylation is 2. The Morgan fingerprint density at radius 2 is 2.12 bits per heavy atom. The van der Waals surface area contributed by atoms with Gasteiger partial charge in [-0.05, 0) is 39.2 Å². The second kappa shape index (κ2) is 6.31. The van der Waals surface area contributed by atoms with E-state index in [1.807, 2.05) is 26.0 Å². The highest BCUT2D eigenvalue weighted by atomic mass is 16.3. The lowest BCUT2D eigenvalue weighted by atomic mass is 10.0. The predicted molar refractivity (Wildman–Crippen MR) is 65.8 cm³/mol. The molecule has 0 atom stereocenters. The van der Waals surface area contributed by atoms with Crippen LogP contribution < -0.4 is 0 Å². The van der Waals surface area contributed by atoms with Gasteiger partial charge in [-0.15, -0.1) is 6.58 Å². The van der Waals surface area contributed by atoms with Crippen LogP contribution in [0.4, 0.5) is 0 Å². The average Bonchev–Trinajstić information content (AvgIpc) is 2.57. The molecule has 1 aromatic heterocycles. The minimum absolute atomic E-state index is 0.202. The molecule has 1 heterocycles. The second-order valence-corrected chi connectivity index (χ2v) is 4.14. The molecule has 0 spiro atoms. The smallest absolute Gasteiger partial charge is 0.166 e. The first-order valence-electron chi connectivity index (χ1n) is 5.86. The zero-order valence-electron chi connectivity index (χ0n) is 10.2. The minimum atomic E-state index is 0.202. The summed E-state index contributed by atoms with van der Waals surface area (Å²) >= 11 is 0. The summed E-state index contributed by atoms with van der Waals surface area (Å²) in [6.45, 7) is 7.39. The highest BCUT2D eigenvalue weighted by molar-refractivity contribution is 5.97. The molecule has 1 rings (SSSR count). The van der Waals surface area contributed by atoms with E-state index in [0.717, 1.165) is 42.8 Å². The van der Waals surface area contributed by atoms with E-state index in [0.29, 0.717) is 6.42 Å². The van der Waals surface area contributed by atoms with Crippen LogP contribution in [0.2, 0.25) is 0 Å². The molecule has 0 saturated heterocycles. The van der Waals surface area contributed by atoms with Gasteiger partial charge in [-0.3, -0.25) is 4.79 Å².